The molecule has 0 radical (unpaired) electrons. The number of anilines is 4. The fourth-order valence-corrected chi connectivity index (χ4v) is 6.28. The van der Waals surface area contributed by atoms with E-state index in [1.807, 2.05) is 0 Å². The molecule has 4 aromatic carbocycles. The van der Waals surface area contributed by atoms with Gasteiger partial charge in [0.05, 0.1) is 85.1 Å². The second-order valence-electron chi connectivity index (χ2n) is 14.8. The van der Waals surface area contributed by atoms with E-state index in [1.165, 1.54) is 56.9 Å². The van der Waals surface area contributed by atoms with Gasteiger partial charge >= 0.3 is 0 Å². The highest BCUT2D eigenvalue weighted by Gasteiger charge is 2.28. The molecule has 0 aromatic heterocycles. The third-order valence-electron chi connectivity index (χ3n) is 9.06. The number of hydrogen-bond acceptors (Lipinski definition) is 12. The number of rotatable bonds is 20. The van der Waals surface area contributed by atoms with Gasteiger partial charge in [0, 0.05) is 0 Å². The quantitative estimate of drug-likeness (QED) is 0.0703. The summed E-state index contributed by atoms with van der Waals surface area (Å²) in [7, 11) is 19.3. The van der Waals surface area contributed by atoms with Crippen LogP contribution in [0.3, 0.4) is 0 Å². The highest BCUT2D eigenvalue weighted by Crippen LogP contribution is 2.37. The van der Waals surface area contributed by atoms with Crippen LogP contribution in [-0.4, -0.2) is 149 Å². The number of hydrogen-bond donors (Lipinski definition) is 4. The Bertz CT molecular complexity index is 1790. The first-order valence-electron chi connectivity index (χ1n) is 19.2. The molecule has 0 atom stereocenters. The van der Waals surface area contributed by atoms with Crippen LogP contribution in [0.15, 0.2) is 72.8 Å². The minimum Gasteiger partial charge on any atom is -1.00 e. The number of benzene rings is 4. The summed E-state index contributed by atoms with van der Waals surface area (Å²) < 4.78 is 42.7. The zero-order valence-corrected chi connectivity index (χ0v) is 40.3. The number of carbonyl (C=O) groups excluding carboxylic acids is 4. The lowest BCUT2D eigenvalue weighted by Crippen LogP contribution is -3.00. The van der Waals surface area contributed by atoms with Gasteiger partial charge in [-0.25, -0.2) is 0 Å². The van der Waals surface area contributed by atoms with E-state index in [0.29, 0.717) is 68.7 Å². The molecule has 21 heteroatoms. The van der Waals surface area contributed by atoms with Crippen molar-refractivity contribution in [3.8, 4) is 46.0 Å². The van der Waals surface area contributed by atoms with Crippen LogP contribution in [0, 0.1) is 0 Å². The molecule has 4 rings (SSSR count). The Kier molecular flexibility index (Phi) is 25.0. The summed E-state index contributed by atoms with van der Waals surface area (Å²) in [6.45, 7) is 0.213. The van der Waals surface area contributed by atoms with Gasteiger partial charge in [-0.1, -0.05) is 24.3 Å². The molecule has 4 aromatic rings. The Balaban J connectivity index is 0.00000120. The summed E-state index contributed by atoms with van der Waals surface area (Å²) in [6.07, 6.45) is 0. The zero-order valence-electron chi connectivity index (χ0n) is 38.8. The summed E-state index contributed by atoms with van der Waals surface area (Å²) >= 11 is 0. The summed E-state index contributed by atoms with van der Waals surface area (Å²) in [4.78, 5) is 50.8. The van der Waals surface area contributed by atoms with Gasteiger partial charge in [-0.15, -0.1) is 0 Å². The first-order valence-corrected chi connectivity index (χ1v) is 19.2. The van der Waals surface area contributed by atoms with Crippen LogP contribution >= 0.6 is 0 Å². The van der Waals surface area contributed by atoms with Gasteiger partial charge in [-0.05, 0) is 48.5 Å². The molecule has 4 amide bonds. The largest absolute Gasteiger partial charge is 1.00 e. The predicted molar refractivity (Wildman–Crippen MR) is 240 cm³/mol. The molecule has 0 fully saturated rings. The second kappa shape index (κ2) is 27.7. The molecule has 0 aliphatic heterocycles. The Morgan fingerprint density at radius 1 is 0.354 bits per heavy atom. The van der Waals surface area contributed by atoms with E-state index in [-0.39, 0.29) is 89.1 Å². The van der Waals surface area contributed by atoms with Gasteiger partial charge in [-0.3, -0.25) is 19.2 Å². The molecule has 0 spiro atoms. The Morgan fingerprint density at radius 3 is 0.615 bits per heavy atom. The molecule has 6 N–H and O–H groups in total. The highest BCUT2D eigenvalue weighted by atomic mass is 35.5. The maximum atomic E-state index is 12.7. The Morgan fingerprint density at radius 2 is 0.492 bits per heavy atom. The maximum Gasteiger partial charge on any atom is 0.279 e. The molecular formula is C44H62Cl2N6O13. The number of nitrogens with zero attached hydrogens (tertiary/aromatic N) is 2. The number of methoxy groups -OCH3 is 8. The fraction of sp³-hybridized carbons (Fsp3) is 0.364. The molecule has 0 saturated heterocycles. The number of amides is 4. The third kappa shape index (κ3) is 17.3. The molecule has 19 nitrogen and oxygen atoms in total. The van der Waals surface area contributed by atoms with E-state index in [4.69, 9.17) is 37.9 Å². The van der Waals surface area contributed by atoms with Crippen molar-refractivity contribution in [1.29, 1.82) is 0 Å². The number of carbonyl (C=O) groups is 4. The van der Waals surface area contributed by atoms with Gasteiger partial charge in [0.2, 0.25) is 0 Å². The number of ether oxygens (including phenoxy) is 8. The smallest absolute Gasteiger partial charge is 0.279 e. The Hall–Kier alpha value is -6.38. The van der Waals surface area contributed by atoms with Crippen molar-refractivity contribution < 1.29 is 96.3 Å². The molecule has 0 unspecified atom stereocenters. The molecule has 65 heavy (non-hydrogen) atoms. The number of quaternary nitrogens is 2. The topological polar surface area (TPSA) is 222 Å². The van der Waals surface area contributed by atoms with Crippen LogP contribution in [0.2, 0.25) is 0 Å². The van der Waals surface area contributed by atoms with Crippen molar-refractivity contribution in [3.05, 3.63) is 72.8 Å². The summed E-state index contributed by atoms with van der Waals surface area (Å²) in [5.41, 5.74) is 1.78. The molecule has 0 heterocycles. The van der Waals surface area contributed by atoms with Gasteiger partial charge in [-0.2, -0.15) is 0 Å². The van der Waals surface area contributed by atoms with Crippen molar-refractivity contribution in [2.75, 3.05) is 133 Å². The van der Waals surface area contributed by atoms with E-state index in [9.17, 15) is 19.2 Å². The van der Waals surface area contributed by atoms with Crippen molar-refractivity contribution >= 4 is 46.4 Å². The van der Waals surface area contributed by atoms with E-state index in [0.717, 1.165) is 0 Å². The van der Waals surface area contributed by atoms with E-state index >= 15 is 0 Å². The third-order valence-corrected chi connectivity index (χ3v) is 9.06. The van der Waals surface area contributed by atoms with Gasteiger partial charge in [0.15, 0.2) is 26.2 Å². The zero-order chi connectivity index (χ0) is 46.0. The predicted octanol–water partition coefficient (Wildman–Crippen LogP) is -2.07. The van der Waals surface area contributed by atoms with Gasteiger partial charge < -0.3 is 98.4 Å². The molecule has 360 valence electrons. The number of halogens is 2. The average molecular weight is 954 g/mol. The molecule has 0 bridgehead atoms. The van der Waals surface area contributed by atoms with Crippen molar-refractivity contribution in [1.82, 2.24) is 0 Å². The number of likely N-dealkylation sites (N-methyl/N-ethyl adjacent to an activating group) is 2. The lowest BCUT2D eigenvalue weighted by atomic mass is 10.2. The summed E-state index contributed by atoms with van der Waals surface area (Å²) in [6, 6.07) is 20.9. The first-order chi connectivity index (χ1) is 29.5. The van der Waals surface area contributed by atoms with E-state index in [1.54, 1.807) is 101 Å². The average Bonchev–Trinajstić information content (AvgIpc) is 3.23. The maximum absolute atomic E-state index is 12.7. The van der Waals surface area contributed by atoms with Crippen molar-refractivity contribution in [2.24, 2.45) is 0 Å². The minimum atomic E-state index is -0.282. The second-order valence-corrected chi connectivity index (χ2v) is 14.8. The van der Waals surface area contributed by atoms with Crippen LogP contribution in [0.1, 0.15) is 0 Å². The van der Waals surface area contributed by atoms with Crippen molar-refractivity contribution in [2.45, 2.75) is 0 Å². The van der Waals surface area contributed by atoms with Crippen LogP contribution in [0.5, 0.6) is 46.0 Å². The molecule has 0 aliphatic rings. The van der Waals surface area contributed by atoms with E-state index in [2.05, 4.69) is 21.3 Å². The highest BCUT2D eigenvalue weighted by molar-refractivity contribution is 5.98. The van der Waals surface area contributed by atoms with Gasteiger partial charge in [0.1, 0.15) is 68.7 Å². The van der Waals surface area contributed by atoms with Crippen LogP contribution < -0.4 is 84.0 Å². The first kappa shape index (κ1) is 58.6. The SMILES string of the molecule is COc1cccc(OC)c1NC(=O)C[N+](C)(C)CC(=O)Nc1c(OC)cccc1OC.COc1cccc(OC)c1NC(=O)C[N+](C)(C)CC(=O)Nc1c(OC)cccc1OC.O.[Cl-].[Cl-]. The normalized spacial score (nSPS) is 10.3. The van der Waals surface area contributed by atoms with Crippen LogP contribution in [-0.2, 0) is 19.2 Å². The monoisotopic (exact) mass is 952 g/mol. The van der Waals surface area contributed by atoms with Crippen molar-refractivity contribution in [3.63, 3.8) is 0 Å². The number of nitrogens with one attached hydrogen (secondary N) is 4. The lowest BCUT2D eigenvalue weighted by molar-refractivity contribution is -0.874. The van der Waals surface area contributed by atoms with E-state index < -0.39 is 0 Å². The lowest BCUT2D eigenvalue weighted by Gasteiger charge is -2.28. The molecular weight excluding hydrogens is 891 g/mol. The summed E-state index contributed by atoms with van der Waals surface area (Å²) in [5, 5.41) is 11.3. The minimum absolute atomic E-state index is 0. The van der Waals surface area contributed by atoms with Gasteiger partial charge in [0.25, 0.3) is 23.6 Å². The summed E-state index contributed by atoms with van der Waals surface area (Å²) in [5.74, 6) is 2.75. The van der Waals surface area contributed by atoms with Crippen LogP contribution in [0.25, 0.3) is 0 Å². The Labute approximate surface area is 392 Å². The fourth-order valence-electron chi connectivity index (χ4n) is 6.28. The standard InChI is InChI=1S/2C22H29N3O6.2ClH.H2O/c2*1-25(2,13-19(26)23-21-15(28-3)9-7-10-16(21)29-4)14-20(27)24-22-17(30-5)11-8-12-18(22)31-6;;;/h2*7-12H,13-14H2,1-6H3,(H-,23,24,26,27);2*1H;1H2. The van der Waals surface area contributed by atoms with Crippen LogP contribution in [0.4, 0.5) is 22.7 Å². The number of para-hydroxylation sites is 4. The molecule has 0 aliphatic carbocycles. The molecule has 0 saturated carbocycles.